The minimum Gasteiger partial charge on any atom is -0.461 e. The predicted octanol–water partition coefficient (Wildman–Crippen LogP) is 1.06. The molecule has 0 fully saturated rings. The molecule has 72 valence electrons. The molecule has 0 aliphatic rings. The smallest absolute Gasteiger partial charge is 0.357 e. The molecule has 1 atom stereocenters. The van der Waals surface area contributed by atoms with Crippen LogP contribution in [0.4, 0.5) is 0 Å². The third-order valence-corrected chi connectivity index (χ3v) is 3.42. The molecule has 1 aromatic heterocycles. The van der Waals surface area contributed by atoms with E-state index in [2.05, 4.69) is 4.98 Å². The zero-order valence-electron chi connectivity index (χ0n) is 7.27. The molecule has 0 aliphatic carbocycles. The van der Waals surface area contributed by atoms with Gasteiger partial charge in [-0.25, -0.2) is 9.78 Å². The Labute approximate surface area is 82.4 Å². The second-order valence-corrected chi connectivity index (χ2v) is 4.58. The van der Waals surface area contributed by atoms with Crippen LogP contribution < -0.4 is 0 Å². The topological polar surface area (TPSA) is 56.3 Å². The van der Waals surface area contributed by atoms with E-state index in [-0.39, 0.29) is 5.69 Å². The van der Waals surface area contributed by atoms with Crippen LogP contribution in [-0.4, -0.2) is 28.0 Å². The highest BCUT2D eigenvalue weighted by Gasteiger charge is 2.12. The van der Waals surface area contributed by atoms with E-state index in [1.54, 1.807) is 12.3 Å². The van der Waals surface area contributed by atoms with Crippen LogP contribution >= 0.6 is 11.3 Å². The molecule has 1 heterocycles. The molecule has 0 aliphatic heterocycles. The van der Waals surface area contributed by atoms with Gasteiger partial charge in [0, 0.05) is 11.6 Å². The molecule has 4 nitrogen and oxygen atoms in total. The van der Waals surface area contributed by atoms with E-state index < -0.39 is 16.8 Å². The van der Waals surface area contributed by atoms with Crippen LogP contribution in [0.3, 0.4) is 0 Å². The van der Waals surface area contributed by atoms with Gasteiger partial charge in [-0.05, 0) is 6.92 Å². The number of rotatable bonds is 3. The Kier molecular flexibility index (Phi) is 3.56. The summed E-state index contributed by atoms with van der Waals surface area (Å²) >= 11 is 1.20. The van der Waals surface area contributed by atoms with E-state index in [0.717, 1.165) is 0 Å². The monoisotopic (exact) mass is 219 g/mol. The molecule has 1 unspecified atom stereocenters. The van der Waals surface area contributed by atoms with Crippen molar-refractivity contribution in [1.82, 2.24) is 4.98 Å². The zero-order valence-corrected chi connectivity index (χ0v) is 8.91. The maximum absolute atomic E-state index is 11.1. The van der Waals surface area contributed by atoms with Gasteiger partial charge >= 0.3 is 5.97 Å². The predicted molar refractivity (Wildman–Crippen MR) is 50.4 cm³/mol. The quantitative estimate of drug-likeness (QED) is 0.713. The number of hydrogen-bond acceptors (Lipinski definition) is 5. The summed E-state index contributed by atoms with van der Waals surface area (Å²) < 4.78 is 16.1. The summed E-state index contributed by atoms with van der Waals surface area (Å²) in [6.45, 7) is 2.05. The Morgan fingerprint density at radius 1 is 1.77 bits per heavy atom. The van der Waals surface area contributed by atoms with Crippen LogP contribution in [0.25, 0.3) is 0 Å². The van der Waals surface area contributed by atoms with Crippen molar-refractivity contribution >= 4 is 28.1 Å². The van der Waals surface area contributed by atoms with Crippen molar-refractivity contribution in [3.8, 4) is 0 Å². The van der Waals surface area contributed by atoms with Crippen LogP contribution in [0, 0.1) is 0 Å². The fourth-order valence-electron chi connectivity index (χ4n) is 0.688. The molecule has 0 amide bonds. The normalized spacial score (nSPS) is 12.5. The van der Waals surface area contributed by atoms with E-state index in [4.69, 9.17) is 4.74 Å². The number of ether oxygens (including phenoxy) is 1. The van der Waals surface area contributed by atoms with Gasteiger partial charge in [0.1, 0.15) is 0 Å². The summed E-state index contributed by atoms with van der Waals surface area (Å²) in [5.74, 6) is -0.463. The lowest BCUT2D eigenvalue weighted by Crippen LogP contribution is -2.05. The van der Waals surface area contributed by atoms with Crippen molar-refractivity contribution in [3.05, 3.63) is 11.1 Å². The molecule has 1 rings (SSSR count). The van der Waals surface area contributed by atoms with Crippen LogP contribution in [-0.2, 0) is 15.5 Å². The van der Waals surface area contributed by atoms with Crippen molar-refractivity contribution in [1.29, 1.82) is 0 Å². The third kappa shape index (κ3) is 2.60. The lowest BCUT2D eigenvalue weighted by Gasteiger charge is -1.95. The molecule has 0 aromatic carbocycles. The summed E-state index contributed by atoms with van der Waals surface area (Å²) in [6.07, 6.45) is 1.52. The van der Waals surface area contributed by atoms with Gasteiger partial charge in [0.25, 0.3) is 0 Å². The molecular weight excluding hydrogens is 210 g/mol. The van der Waals surface area contributed by atoms with Gasteiger partial charge < -0.3 is 4.74 Å². The first kappa shape index (κ1) is 10.3. The summed E-state index contributed by atoms with van der Waals surface area (Å²) in [5, 5.41) is 1.55. The minimum absolute atomic E-state index is 0.233. The number of nitrogens with zero attached hydrogens (tertiary/aromatic N) is 1. The number of hydrogen-bond donors (Lipinski definition) is 0. The second-order valence-electron chi connectivity index (χ2n) is 2.17. The van der Waals surface area contributed by atoms with Crippen molar-refractivity contribution in [2.24, 2.45) is 0 Å². The van der Waals surface area contributed by atoms with Crippen molar-refractivity contribution < 1.29 is 13.7 Å². The summed E-state index contributed by atoms with van der Waals surface area (Å²) in [4.78, 5) is 15.0. The first-order valence-corrected chi connectivity index (χ1v) is 6.05. The van der Waals surface area contributed by atoms with Crippen LogP contribution in [0.2, 0.25) is 0 Å². The fourth-order valence-corrected chi connectivity index (χ4v) is 2.11. The van der Waals surface area contributed by atoms with Crippen LogP contribution in [0.15, 0.2) is 9.72 Å². The maximum Gasteiger partial charge on any atom is 0.357 e. The highest BCUT2D eigenvalue weighted by molar-refractivity contribution is 7.86. The highest BCUT2D eigenvalue weighted by atomic mass is 32.2. The van der Waals surface area contributed by atoms with Gasteiger partial charge in [0.05, 0.1) is 17.4 Å². The maximum atomic E-state index is 11.1. The molecule has 13 heavy (non-hydrogen) atoms. The van der Waals surface area contributed by atoms with Crippen LogP contribution in [0.1, 0.15) is 17.4 Å². The molecule has 0 bridgehead atoms. The first-order valence-electron chi connectivity index (χ1n) is 3.61. The third-order valence-electron chi connectivity index (χ3n) is 1.21. The number of esters is 1. The second kappa shape index (κ2) is 4.48. The largest absolute Gasteiger partial charge is 0.461 e. The highest BCUT2D eigenvalue weighted by Crippen LogP contribution is 2.13. The average Bonchev–Trinajstić information content (AvgIpc) is 2.52. The molecule has 1 aromatic rings. The van der Waals surface area contributed by atoms with Gasteiger partial charge in [0.2, 0.25) is 0 Å². The van der Waals surface area contributed by atoms with E-state index in [1.165, 1.54) is 17.6 Å². The summed E-state index contributed by atoms with van der Waals surface area (Å²) in [5.41, 5.74) is 0.233. The number of carbonyl (C=O) groups excluding carboxylic acids is 1. The van der Waals surface area contributed by atoms with Gasteiger partial charge in [-0.3, -0.25) is 4.21 Å². The fraction of sp³-hybridized carbons (Fsp3) is 0.429. The minimum atomic E-state index is -1.13. The Morgan fingerprint density at radius 3 is 2.92 bits per heavy atom. The Morgan fingerprint density at radius 2 is 2.46 bits per heavy atom. The van der Waals surface area contributed by atoms with Gasteiger partial charge in [-0.1, -0.05) is 0 Å². The van der Waals surface area contributed by atoms with E-state index in [0.29, 0.717) is 10.9 Å². The molecule has 0 N–H and O–H groups in total. The summed E-state index contributed by atoms with van der Waals surface area (Å²) in [7, 11) is -1.13. The standard InChI is InChI=1S/C7H9NO3S2/c1-3-11-6(9)5-4-12-7(8-5)13(2)10/h4H,3H2,1-2H3. The average molecular weight is 219 g/mol. The first-order chi connectivity index (χ1) is 6.15. The van der Waals surface area contributed by atoms with Crippen molar-refractivity contribution in [2.45, 2.75) is 11.3 Å². The molecule has 0 saturated heterocycles. The molecular formula is C7H9NO3S2. The molecule has 0 radical (unpaired) electrons. The Balaban J connectivity index is 2.79. The lowest BCUT2D eigenvalue weighted by atomic mass is 10.5. The Bertz CT molecular complexity index is 334. The Hall–Kier alpha value is -0.750. The SMILES string of the molecule is CCOC(=O)c1csc(S(C)=O)n1. The zero-order chi connectivity index (χ0) is 9.84. The molecule has 6 heteroatoms. The molecule has 0 saturated carbocycles. The summed E-state index contributed by atoms with van der Waals surface area (Å²) in [6, 6.07) is 0. The van der Waals surface area contributed by atoms with Crippen molar-refractivity contribution in [3.63, 3.8) is 0 Å². The number of thiazole rings is 1. The lowest BCUT2D eigenvalue weighted by molar-refractivity contribution is 0.0520. The van der Waals surface area contributed by atoms with E-state index >= 15 is 0 Å². The van der Waals surface area contributed by atoms with Crippen molar-refractivity contribution in [2.75, 3.05) is 12.9 Å². The number of aromatic nitrogens is 1. The van der Waals surface area contributed by atoms with Gasteiger partial charge in [-0.15, -0.1) is 11.3 Å². The van der Waals surface area contributed by atoms with Crippen LogP contribution in [0.5, 0.6) is 0 Å². The van der Waals surface area contributed by atoms with E-state index in [1.807, 2.05) is 0 Å². The van der Waals surface area contributed by atoms with E-state index in [9.17, 15) is 9.00 Å². The number of carbonyl (C=O) groups is 1. The van der Waals surface area contributed by atoms with Gasteiger partial charge in [-0.2, -0.15) is 0 Å². The molecule has 0 spiro atoms. The van der Waals surface area contributed by atoms with Gasteiger partial charge in [0.15, 0.2) is 10.0 Å².